The number of nitrogens with one attached hydrogen (secondary N) is 1. The van der Waals surface area contributed by atoms with Gasteiger partial charge < -0.3 is 5.32 Å². The summed E-state index contributed by atoms with van der Waals surface area (Å²) in [6.45, 7) is 0. The highest BCUT2D eigenvalue weighted by Gasteiger charge is 2.37. The molecule has 4 nitrogen and oxygen atoms in total. The number of nitro groups is 1. The van der Waals surface area contributed by atoms with E-state index < -0.39 is 4.92 Å². The fourth-order valence-electron chi connectivity index (χ4n) is 3.95. The van der Waals surface area contributed by atoms with Crippen molar-refractivity contribution in [2.45, 2.75) is 57.4 Å². The molecule has 2 saturated carbocycles. The van der Waals surface area contributed by atoms with Crippen molar-refractivity contribution in [3.8, 4) is 0 Å². The summed E-state index contributed by atoms with van der Waals surface area (Å²) < 4.78 is 0. The van der Waals surface area contributed by atoms with Crippen molar-refractivity contribution in [1.82, 2.24) is 0 Å². The maximum Gasteiger partial charge on any atom is 0.271 e. The van der Waals surface area contributed by atoms with Gasteiger partial charge in [-0.1, -0.05) is 24.4 Å². The first-order chi connectivity index (χ1) is 10.1. The molecule has 0 unspecified atom stereocenters. The molecule has 2 fully saturated rings. The number of benzene rings is 1. The van der Waals surface area contributed by atoms with Crippen LogP contribution in [0, 0.1) is 15.5 Å². The first-order valence-electron chi connectivity index (χ1n) is 7.79. The van der Waals surface area contributed by atoms with Crippen molar-refractivity contribution in [1.29, 1.82) is 0 Å². The third-order valence-electron chi connectivity index (χ3n) is 5.23. The Morgan fingerprint density at radius 3 is 2.43 bits per heavy atom. The molecule has 0 aromatic heterocycles. The second-order valence-electron chi connectivity index (χ2n) is 6.55. The van der Waals surface area contributed by atoms with Gasteiger partial charge in [-0.2, -0.15) is 0 Å². The third-order valence-corrected chi connectivity index (χ3v) is 5.55. The zero-order chi connectivity index (χ0) is 14.9. The van der Waals surface area contributed by atoms with Crippen LogP contribution < -0.4 is 5.32 Å². The zero-order valence-corrected chi connectivity index (χ0v) is 12.9. The highest BCUT2D eigenvalue weighted by atomic mass is 35.5. The van der Waals surface area contributed by atoms with Crippen molar-refractivity contribution in [3.63, 3.8) is 0 Å². The second-order valence-corrected chi connectivity index (χ2v) is 6.95. The zero-order valence-electron chi connectivity index (χ0n) is 12.1. The number of non-ortho nitro benzene ring substituents is 1. The predicted octanol–water partition coefficient (Wildman–Crippen LogP) is 5.16. The largest absolute Gasteiger partial charge is 0.381 e. The molecule has 0 aliphatic heterocycles. The van der Waals surface area contributed by atoms with Crippen LogP contribution in [0.25, 0.3) is 0 Å². The highest BCUT2D eigenvalue weighted by molar-refractivity contribution is 6.33. The lowest BCUT2D eigenvalue weighted by molar-refractivity contribution is -0.384. The SMILES string of the molecule is O=[N+]([O-])c1ccc(NC2CCC3(CCCC3)CC2)c(Cl)c1. The standard InChI is InChI=1S/C16H21ClN2O2/c17-14-11-13(19(20)21)3-4-15(14)18-12-5-9-16(10-6-12)7-1-2-8-16/h3-4,11-12,18H,1-2,5-10H2. The Kier molecular flexibility index (Phi) is 4.07. The van der Waals surface area contributed by atoms with E-state index in [1.165, 1.54) is 63.5 Å². The van der Waals surface area contributed by atoms with Crippen LogP contribution in [0.4, 0.5) is 11.4 Å². The average Bonchev–Trinajstić information content (AvgIpc) is 2.92. The lowest BCUT2D eigenvalue weighted by Crippen LogP contribution is -2.31. The van der Waals surface area contributed by atoms with E-state index in [4.69, 9.17) is 11.6 Å². The Labute approximate surface area is 130 Å². The van der Waals surface area contributed by atoms with E-state index in [9.17, 15) is 10.1 Å². The summed E-state index contributed by atoms with van der Waals surface area (Å²) in [6.07, 6.45) is 10.5. The number of hydrogen-bond acceptors (Lipinski definition) is 3. The fourth-order valence-corrected chi connectivity index (χ4v) is 4.18. The maximum absolute atomic E-state index is 10.7. The number of rotatable bonds is 3. The molecule has 1 aromatic carbocycles. The molecule has 0 amide bonds. The summed E-state index contributed by atoms with van der Waals surface area (Å²) in [5.41, 5.74) is 1.48. The van der Waals surface area contributed by atoms with Crippen LogP contribution >= 0.6 is 11.6 Å². The minimum absolute atomic E-state index is 0.0408. The van der Waals surface area contributed by atoms with Crippen LogP contribution in [0.3, 0.4) is 0 Å². The van der Waals surface area contributed by atoms with Gasteiger partial charge in [-0.25, -0.2) is 0 Å². The Bertz CT molecular complexity index is 531. The minimum atomic E-state index is -0.417. The molecule has 0 atom stereocenters. The molecule has 21 heavy (non-hydrogen) atoms. The predicted molar refractivity (Wildman–Crippen MR) is 84.9 cm³/mol. The number of halogens is 1. The average molecular weight is 309 g/mol. The van der Waals surface area contributed by atoms with E-state index in [-0.39, 0.29) is 5.69 Å². The monoisotopic (exact) mass is 308 g/mol. The molecule has 114 valence electrons. The number of nitrogens with zero attached hydrogens (tertiary/aromatic N) is 1. The minimum Gasteiger partial charge on any atom is -0.381 e. The van der Waals surface area contributed by atoms with Gasteiger partial charge in [0.15, 0.2) is 0 Å². The van der Waals surface area contributed by atoms with Crippen molar-refractivity contribution in [2.24, 2.45) is 5.41 Å². The molecule has 0 bridgehead atoms. The van der Waals surface area contributed by atoms with Gasteiger partial charge >= 0.3 is 0 Å². The van der Waals surface area contributed by atoms with Crippen LogP contribution in [0.5, 0.6) is 0 Å². The molecular weight excluding hydrogens is 288 g/mol. The van der Waals surface area contributed by atoms with E-state index in [1.807, 2.05) is 0 Å². The molecule has 3 rings (SSSR count). The Morgan fingerprint density at radius 2 is 1.86 bits per heavy atom. The normalized spacial score (nSPS) is 21.6. The first kappa shape index (κ1) is 14.6. The van der Waals surface area contributed by atoms with E-state index in [2.05, 4.69) is 5.32 Å². The maximum atomic E-state index is 10.7. The molecule has 5 heteroatoms. The van der Waals surface area contributed by atoms with Gasteiger partial charge in [-0.15, -0.1) is 0 Å². The second kappa shape index (κ2) is 5.84. The van der Waals surface area contributed by atoms with E-state index >= 15 is 0 Å². The Hall–Kier alpha value is -1.29. The quantitative estimate of drug-likeness (QED) is 0.619. The Balaban J connectivity index is 1.61. The molecule has 0 heterocycles. The topological polar surface area (TPSA) is 55.2 Å². The van der Waals surface area contributed by atoms with Crippen LogP contribution in [0.1, 0.15) is 51.4 Å². The molecule has 0 saturated heterocycles. The van der Waals surface area contributed by atoms with Crippen molar-refractivity contribution < 1.29 is 4.92 Å². The highest BCUT2D eigenvalue weighted by Crippen LogP contribution is 2.49. The van der Waals surface area contributed by atoms with E-state index in [0.29, 0.717) is 16.5 Å². The smallest absolute Gasteiger partial charge is 0.271 e. The van der Waals surface area contributed by atoms with Gasteiger partial charge in [0, 0.05) is 18.2 Å². The molecule has 1 N–H and O–H groups in total. The van der Waals surface area contributed by atoms with Gasteiger partial charge in [0.1, 0.15) is 0 Å². The van der Waals surface area contributed by atoms with E-state index in [1.54, 1.807) is 6.07 Å². The molecule has 2 aliphatic carbocycles. The van der Waals surface area contributed by atoms with Crippen LogP contribution in [0.2, 0.25) is 5.02 Å². The van der Waals surface area contributed by atoms with Gasteiger partial charge in [0.2, 0.25) is 0 Å². The van der Waals surface area contributed by atoms with Gasteiger partial charge in [0.25, 0.3) is 5.69 Å². The van der Waals surface area contributed by atoms with Gasteiger partial charge in [0.05, 0.1) is 15.6 Å². The molecule has 0 radical (unpaired) electrons. The van der Waals surface area contributed by atoms with Gasteiger partial charge in [-0.05, 0) is 50.0 Å². The molecule has 2 aliphatic rings. The number of hydrogen-bond donors (Lipinski definition) is 1. The molecule has 1 aromatic rings. The lowest BCUT2D eigenvalue weighted by atomic mass is 9.71. The van der Waals surface area contributed by atoms with Gasteiger partial charge in [-0.3, -0.25) is 10.1 Å². The summed E-state index contributed by atoms with van der Waals surface area (Å²) in [6, 6.07) is 5.09. The van der Waals surface area contributed by atoms with Crippen molar-refractivity contribution in [2.75, 3.05) is 5.32 Å². The number of anilines is 1. The summed E-state index contributed by atoms with van der Waals surface area (Å²) in [7, 11) is 0. The van der Waals surface area contributed by atoms with Crippen LogP contribution in [-0.4, -0.2) is 11.0 Å². The number of nitro benzene ring substituents is 1. The van der Waals surface area contributed by atoms with Crippen LogP contribution in [-0.2, 0) is 0 Å². The van der Waals surface area contributed by atoms with E-state index in [0.717, 1.165) is 5.69 Å². The van der Waals surface area contributed by atoms with Crippen molar-refractivity contribution in [3.05, 3.63) is 33.3 Å². The summed E-state index contributed by atoms with van der Waals surface area (Å²) >= 11 is 6.15. The summed E-state index contributed by atoms with van der Waals surface area (Å²) in [5, 5.41) is 14.6. The summed E-state index contributed by atoms with van der Waals surface area (Å²) in [5.74, 6) is 0. The third kappa shape index (κ3) is 3.15. The lowest BCUT2D eigenvalue weighted by Gasteiger charge is -2.38. The summed E-state index contributed by atoms with van der Waals surface area (Å²) in [4.78, 5) is 10.3. The molecule has 1 spiro atoms. The molecular formula is C16H21ClN2O2. The Morgan fingerprint density at radius 1 is 1.19 bits per heavy atom. The van der Waals surface area contributed by atoms with Crippen molar-refractivity contribution >= 4 is 23.0 Å². The van der Waals surface area contributed by atoms with Crippen LogP contribution in [0.15, 0.2) is 18.2 Å². The fraction of sp³-hybridized carbons (Fsp3) is 0.625. The first-order valence-corrected chi connectivity index (χ1v) is 8.16.